The van der Waals surface area contributed by atoms with Gasteiger partial charge in [0.15, 0.2) is 11.6 Å². The van der Waals surface area contributed by atoms with Crippen LogP contribution >= 0.6 is 15.9 Å². The molecule has 0 aliphatic carbocycles. The van der Waals surface area contributed by atoms with Crippen LogP contribution in [0.25, 0.3) is 10.8 Å². The van der Waals surface area contributed by atoms with E-state index in [-0.39, 0.29) is 12.4 Å². The lowest BCUT2D eigenvalue weighted by atomic mass is 10.1. The molecule has 0 heterocycles. The molecular formula is C17H12BrFO2. The molecular weight excluding hydrogens is 335 g/mol. The minimum atomic E-state index is -0.499. The van der Waals surface area contributed by atoms with E-state index in [9.17, 15) is 9.50 Å². The maximum atomic E-state index is 13.9. The van der Waals surface area contributed by atoms with Crippen LogP contribution < -0.4 is 4.74 Å². The second-order valence-corrected chi connectivity index (χ2v) is 5.38. The quantitative estimate of drug-likeness (QED) is 0.720. The number of aliphatic hydroxyl groups is 1. The van der Waals surface area contributed by atoms with E-state index in [1.807, 2.05) is 30.3 Å². The largest absolute Gasteiger partial charge is 0.453 e. The molecule has 21 heavy (non-hydrogen) atoms. The summed E-state index contributed by atoms with van der Waals surface area (Å²) in [6.07, 6.45) is 0. The summed E-state index contributed by atoms with van der Waals surface area (Å²) in [5.41, 5.74) is 0.412. The molecule has 3 rings (SSSR count). The van der Waals surface area contributed by atoms with Crippen molar-refractivity contribution in [2.45, 2.75) is 6.61 Å². The first kappa shape index (κ1) is 14.0. The topological polar surface area (TPSA) is 29.5 Å². The Kier molecular flexibility index (Phi) is 3.90. The van der Waals surface area contributed by atoms with Crippen molar-refractivity contribution in [1.82, 2.24) is 0 Å². The Morgan fingerprint density at radius 3 is 2.62 bits per heavy atom. The molecule has 0 aromatic heterocycles. The number of halogens is 2. The lowest BCUT2D eigenvalue weighted by Crippen LogP contribution is -1.95. The van der Waals surface area contributed by atoms with Crippen molar-refractivity contribution in [2.24, 2.45) is 0 Å². The zero-order valence-electron chi connectivity index (χ0n) is 11.0. The van der Waals surface area contributed by atoms with E-state index >= 15 is 0 Å². The predicted molar refractivity (Wildman–Crippen MR) is 84.0 cm³/mol. The predicted octanol–water partition coefficient (Wildman–Crippen LogP) is 5.03. The number of fused-ring (bicyclic) bond motifs is 1. The molecule has 0 saturated carbocycles. The molecule has 0 radical (unpaired) electrons. The van der Waals surface area contributed by atoms with Crippen LogP contribution in [0.3, 0.4) is 0 Å². The number of hydrogen-bond acceptors (Lipinski definition) is 2. The highest BCUT2D eigenvalue weighted by atomic mass is 79.9. The second kappa shape index (κ2) is 5.84. The van der Waals surface area contributed by atoms with E-state index < -0.39 is 5.82 Å². The number of ether oxygens (including phenoxy) is 1. The highest BCUT2D eigenvalue weighted by Crippen LogP contribution is 2.37. The summed E-state index contributed by atoms with van der Waals surface area (Å²) in [4.78, 5) is 0. The smallest absolute Gasteiger partial charge is 0.168 e. The van der Waals surface area contributed by atoms with Crippen molar-refractivity contribution in [1.29, 1.82) is 0 Å². The Morgan fingerprint density at radius 2 is 1.81 bits per heavy atom. The molecule has 0 aliphatic rings. The van der Waals surface area contributed by atoms with Crippen molar-refractivity contribution >= 4 is 26.7 Å². The van der Waals surface area contributed by atoms with Crippen molar-refractivity contribution in [2.75, 3.05) is 0 Å². The molecule has 2 nitrogen and oxygen atoms in total. The van der Waals surface area contributed by atoms with Gasteiger partial charge in [-0.15, -0.1) is 0 Å². The van der Waals surface area contributed by atoms with Gasteiger partial charge in [-0.3, -0.25) is 0 Å². The Labute approximate surface area is 129 Å². The molecule has 3 aromatic rings. The van der Waals surface area contributed by atoms with Gasteiger partial charge in [-0.25, -0.2) is 4.39 Å². The first-order valence-electron chi connectivity index (χ1n) is 6.44. The molecule has 0 amide bonds. The fourth-order valence-electron chi connectivity index (χ4n) is 2.19. The van der Waals surface area contributed by atoms with Gasteiger partial charge in [0.1, 0.15) is 5.75 Å². The summed E-state index contributed by atoms with van der Waals surface area (Å²) in [6.45, 7) is -0.279. The van der Waals surface area contributed by atoms with Crippen LogP contribution in [0.5, 0.6) is 11.5 Å². The molecule has 0 bridgehead atoms. The van der Waals surface area contributed by atoms with Crippen LogP contribution in [-0.4, -0.2) is 5.11 Å². The van der Waals surface area contributed by atoms with Gasteiger partial charge in [0.2, 0.25) is 0 Å². The van der Waals surface area contributed by atoms with Crippen LogP contribution in [0.1, 0.15) is 5.56 Å². The van der Waals surface area contributed by atoms with E-state index in [4.69, 9.17) is 4.74 Å². The van der Waals surface area contributed by atoms with E-state index in [2.05, 4.69) is 15.9 Å². The SMILES string of the molecule is OCc1cccc(F)c1Oc1ccc2ccccc2c1Br. The molecule has 4 heteroatoms. The molecule has 0 atom stereocenters. The van der Waals surface area contributed by atoms with Crippen LogP contribution in [0, 0.1) is 5.82 Å². The number of benzene rings is 3. The van der Waals surface area contributed by atoms with Gasteiger partial charge < -0.3 is 9.84 Å². The molecule has 0 fully saturated rings. The number of rotatable bonds is 3. The van der Waals surface area contributed by atoms with Crippen molar-refractivity contribution in [3.63, 3.8) is 0 Å². The molecule has 0 saturated heterocycles. The van der Waals surface area contributed by atoms with Gasteiger partial charge in [-0.1, -0.05) is 42.5 Å². The second-order valence-electron chi connectivity index (χ2n) is 4.59. The summed E-state index contributed by atoms with van der Waals surface area (Å²) < 4.78 is 20.4. The first-order chi connectivity index (χ1) is 10.2. The lowest BCUT2D eigenvalue weighted by molar-refractivity contribution is 0.274. The third kappa shape index (κ3) is 2.64. The molecule has 1 N–H and O–H groups in total. The highest BCUT2D eigenvalue weighted by molar-refractivity contribution is 9.10. The third-order valence-corrected chi connectivity index (χ3v) is 4.08. The normalized spacial score (nSPS) is 10.8. The molecule has 0 aliphatic heterocycles. The average molecular weight is 347 g/mol. The minimum Gasteiger partial charge on any atom is -0.453 e. The number of hydrogen-bond donors (Lipinski definition) is 1. The minimum absolute atomic E-state index is 0.0518. The fraction of sp³-hybridized carbons (Fsp3) is 0.0588. The van der Waals surface area contributed by atoms with E-state index in [1.54, 1.807) is 18.2 Å². The van der Waals surface area contributed by atoms with Crippen LogP contribution in [0.15, 0.2) is 59.1 Å². The summed E-state index contributed by atoms with van der Waals surface area (Å²) in [5, 5.41) is 11.3. The van der Waals surface area contributed by atoms with Gasteiger partial charge in [-0.05, 0) is 38.8 Å². The lowest BCUT2D eigenvalue weighted by Gasteiger charge is -2.13. The Bertz CT molecular complexity index is 802. The Morgan fingerprint density at radius 1 is 1.00 bits per heavy atom. The van der Waals surface area contributed by atoms with E-state index in [0.29, 0.717) is 11.3 Å². The molecule has 0 spiro atoms. The maximum Gasteiger partial charge on any atom is 0.168 e. The summed E-state index contributed by atoms with van der Waals surface area (Å²) in [7, 11) is 0. The van der Waals surface area contributed by atoms with Gasteiger partial charge in [-0.2, -0.15) is 0 Å². The third-order valence-electron chi connectivity index (χ3n) is 3.26. The summed E-state index contributed by atoms with van der Waals surface area (Å²) in [6, 6.07) is 16.0. The van der Waals surface area contributed by atoms with Crippen molar-refractivity contribution in [3.8, 4) is 11.5 Å². The highest BCUT2D eigenvalue weighted by Gasteiger charge is 2.13. The monoisotopic (exact) mass is 346 g/mol. The van der Waals surface area contributed by atoms with Gasteiger partial charge >= 0.3 is 0 Å². The van der Waals surface area contributed by atoms with Crippen LogP contribution in [0.4, 0.5) is 4.39 Å². The Hall–Kier alpha value is -1.91. The molecule has 0 unspecified atom stereocenters. The van der Waals surface area contributed by atoms with Gasteiger partial charge in [0.25, 0.3) is 0 Å². The van der Waals surface area contributed by atoms with E-state index in [1.165, 1.54) is 6.07 Å². The van der Waals surface area contributed by atoms with Gasteiger partial charge in [0, 0.05) is 5.56 Å². The zero-order valence-corrected chi connectivity index (χ0v) is 12.6. The van der Waals surface area contributed by atoms with Crippen molar-refractivity contribution < 1.29 is 14.2 Å². The summed E-state index contributed by atoms with van der Waals surface area (Å²) in [5.74, 6) is 0.0612. The van der Waals surface area contributed by atoms with Crippen molar-refractivity contribution in [3.05, 3.63) is 70.5 Å². The molecule has 106 valence electrons. The zero-order chi connectivity index (χ0) is 14.8. The number of para-hydroxylation sites is 1. The van der Waals surface area contributed by atoms with Gasteiger partial charge in [0.05, 0.1) is 11.1 Å². The van der Waals surface area contributed by atoms with Crippen LogP contribution in [-0.2, 0) is 6.61 Å². The Balaban J connectivity index is 2.09. The first-order valence-corrected chi connectivity index (χ1v) is 7.23. The fourth-order valence-corrected chi connectivity index (χ4v) is 2.77. The average Bonchev–Trinajstić information content (AvgIpc) is 2.52. The number of aliphatic hydroxyl groups excluding tert-OH is 1. The standard InChI is InChI=1S/C17H12BrFO2/c18-16-13-6-2-1-4-11(13)8-9-15(16)21-17-12(10-20)5-3-7-14(17)19/h1-9,20H,10H2. The molecule has 3 aromatic carbocycles. The van der Waals surface area contributed by atoms with Crippen LogP contribution in [0.2, 0.25) is 0 Å². The van der Waals surface area contributed by atoms with E-state index in [0.717, 1.165) is 15.2 Å². The summed E-state index contributed by atoms with van der Waals surface area (Å²) >= 11 is 3.50. The maximum absolute atomic E-state index is 13.9.